The summed E-state index contributed by atoms with van der Waals surface area (Å²) in [5.41, 5.74) is 11.3. The maximum atomic E-state index is 6.52. The number of hydrogen-bond donors (Lipinski definition) is 0. The second-order valence-corrected chi connectivity index (χ2v) is 15.4. The molecule has 49 heavy (non-hydrogen) atoms. The van der Waals surface area contributed by atoms with Crippen molar-refractivity contribution in [2.75, 3.05) is 0 Å². The zero-order valence-electron chi connectivity index (χ0n) is 28.9. The fourth-order valence-electron chi connectivity index (χ4n) is 9.39. The number of benzene rings is 3. The molecule has 0 bridgehead atoms. The minimum absolute atomic E-state index is 0.104. The van der Waals surface area contributed by atoms with Crippen LogP contribution >= 0.6 is 0 Å². The van der Waals surface area contributed by atoms with Crippen LogP contribution in [0.25, 0.3) is 27.5 Å². The van der Waals surface area contributed by atoms with Crippen molar-refractivity contribution in [1.29, 1.82) is 0 Å². The molecule has 0 N–H and O–H groups in total. The molecule has 4 aliphatic carbocycles. The second-order valence-electron chi connectivity index (χ2n) is 15.4. The lowest BCUT2D eigenvalue weighted by atomic mass is 9.73. The van der Waals surface area contributed by atoms with Crippen LogP contribution in [0.15, 0.2) is 143 Å². The zero-order chi connectivity index (χ0) is 33.3. The largest absolute Gasteiger partial charge is 0.456 e. The Morgan fingerprint density at radius 3 is 2.45 bits per heavy atom. The van der Waals surface area contributed by atoms with E-state index < -0.39 is 0 Å². The average Bonchev–Trinajstić information content (AvgIpc) is 3.62. The lowest BCUT2D eigenvalue weighted by Gasteiger charge is -2.43. The molecule has 0 radical (unpaired) electrons. The van der Waals surface area contributed by atoms with Gasteiger partial charge in [-0.3, -0.25) is 0 Å². The Bertz CT molecular complexity index is 2240. The molecule has 5 aromatic rings. The van der Waals surface area contributed by atoms with Crippen LogP contribution in [0.2, 0.25) is 0 Å². The Morgan fingerprint density at radius 1 is 0.816 bits per heavy atom. The van der Waals surface area contributed by atoms with Crippen molar-refractivity contribution in [3.8, 4) is 0 Å². The third kappa shape index (κ3) is 4.78. The fourth-order valence-corrected chi connectivity index (χ4v) is 9.39. The third-order valence-electron chi connectivity index (χ3n) is 12.1. The Morgan fingerprint density at radius 2 is 1.63 bits per heavy atom. The first-order valence-corrected chi connectivity index (χ1v) is 18.0. The van der Waals surface area contributed by atoms with Gasteiger partial charge in [0, 0.05) is 50.7 Å². The predicted octanol–water partition coefficient (Wildman–Crippen LogP) is 11.6. The first kappa shape index (κ1) is 30.1. The number of nitrogens with zero attached hydrogens (tertiary/aromatic N) is 1. The summed E-state index contributed by atoms with van der Waals surface area (Å²) in [6, 6.07) is 37.2. The number of furan rings is 1. The molecule has 4 aromatic carbocycles. The van der Waals surface area contributed by atoms with Crippen LogP contribution in [0.1, 0.15) is 75.1 Å². The highest BCUT2D eigenvalue weighted by Gasteiger charge is 2.46. The predicted molar refractivity (Wildman–Crippen MR) is 202 cm³/mol. The van der Waals surface area contributed by atoms with E-state index in [2.05, 4.69) is 166 Å². The number of rotatable bonds is 5. The van der Waals surface area contributed by atoms with Crippen LogP contribution in [0.3, 0.4) is 0 Å². The van der Waals surface area contributed by atoms with E-state index in [4.69, 9.17) is 4.42 Å². The van der Waals surface area contributed by atoms with Crippen LogP contribution in [0, 0.1) is 24.0 Å². The van der Waals surface area contributed by atoms with Gasteiger partial charge in [0.05, 0.1) is 0 Å². The molecule has 1 heterocycles. The summed E-state index contributed by atoms with van der Waals surface area (Å²) < 4.78 is 6.52. The minimum atomic E-state index is -0.177. The molecular formula is C47H43NO. The molecule has 4 unspecified atom stereocenters. The maximum Gasteiger partial charge on any atom is 0.139 e. The van der Waals surface area contributed by atoms with E-state index in [1.165, 1.54) is 50.0 Å². The maximum absolute atomic E-state index is 6.52. The van der Waals surface area contributed by atoms with Gasteiger partial charge in [-0.1, -0.05) is 137 Å². The van der Waals surface area contributed by atoms with E-state index in [1.54, 1.807) is 0 Å². The lowest BCUT2D eigenvalue weighted by molar-refractivity contribution is 0.251. The van der Waals surface area contributed by atoms with Crippen LogP contribution in [0.4, 0.5) is 0 Å². The standard InChI is InChI=1S/C47H43NO/c1-31-29-33(32-13-6-5-7-14-32)21-24-43(31)48(35-22-23-41-39(30-35)36-15-8-10-18-40(36)46(41,2)3)34-25-27-47(4,28-26-34)42-19-12-17-38-37-16-9-11-20-44(37)49-45(38)42/h5-6,8-13,15-20,22-23,25-27,29-31,39,41,43H,21,24,28H2,1-4H3/t31?,39?,41?,43?,47-/m1/s1. The van der Waals surface area contributed by atoms with Crippen LogP contribution in [-0.2, 0) is 10.8 Å². The van der Waals surface area contributed by atoms with E-state index in [9.17, 15) is 0 Å². The normalized spacial score (nSPS) is 26.8. The fraction of sp³-hybridized carbons (Fsp3) is 0.277. The molecule has 0 saturated heterocycles. The van der Waals surface area contributed by atoms with Crippen molar-refractivity contribution in [2.45, 2.75) is 69.7 Å². The SMILES string of the molecule is CC1C=C(c2c#cccc2)CCC1N(C1=CC[C@](C)(c2cccc3c2oc2ccccc23)C=C1)C1=CC2c3ccccc3C(C)(C)C2C=C1. The Hall–Kier alpha value is -5.00. The number of fused-ring (bicyclic) bond motifs is 6. The van der Waals surface area contributed by atoms with Gasteiger partial charge in [-0.05, 0) is 83.6 Å². The Kier molecular flexibility index (Phi) is 6.93. The second kappa shape index (κ2) is 11.3. The molecule has 5 atom stereocenters. The van der Waals surface area contributed by atoms with E-state index in [-0.39, 0.29) is 10.8 Å². The van der Waals surface area contributed by atoms with Gasteiger partial charge in [-0.2, -0.15) is 0 Å². The number of para-hydroxylation sites is 2. The van der Waals surface area contributed by atoms with Gasteiger partial charge in [-0.15, -0.1) is 0 Å². The molecular weight excluding hydrogens is 595 g/mol. The van der Waals surface area contributed by atoms with E-state index in [0.29, 0.717) is 23.8 Å². The average molecular weight is 638 g/mol. The van der Waals surface area contributed by atoms with Crippen LogP contribution in [-0.4, -0.2) is 10.9 Å². The lowest BCUT2D eigenvalue weighted by Crippen LogP contribution is -2.40. The summed E-state index contributed by atoms with van der Waals surface area (Å²) in [6.07, 6.45) is 20.3. The molecule has 0 fully saturated rings. The van der Waals surface area contributed by atoms with Crippen LogP contribution in [0.5, 0.6) is 0 Å². The highest BCUT2D eigenvalue weighted by atomic mass is 16.3. The summed E-state index contributed by atoms with van der Waals surface area (Å²) in [5.74, 6) is 1.19. The van der Waals surface area contributed by atoms with Crippen molar-refractivity contribution >= 4 is 27.5 Å². The highest BCUT2D eigenvalue weighted by Crippen LogP contribution is 2.54. The van der Waals surface area contributed by atoms with Gasteiger partial charge in [0.1, 0.15) is 11.2 Å². The highest BCUT2D eigenvalue weighted by molar-refractivity contribution is 6.06. The molecule has 0 aliphatic heterocycles. The first-order chi connectivity index (χ1) is 23.8. The number of hydrogen-bond acceptors (Lipinski definition) is 2. The summed E-state index contributed by atoms with van der Waals surface area (Å²) >= 11 is 0. The molecule has 0 saturated carbocycles. The minimum Gasteiger partial charge on any atom is -0.456 e. The molecule has 9 rings (SSSR count). The molecule has 4 aliphatic rings. The Balaban J connectivity index is 1.10. The molecule has 0 amide bonds. The summed E-state index contributed by atoms with van der Waals surface area (Å²) in [6.45, 7) is 9.59. The smallest absolute Gasteiger partial charge is 0.139 e. The molecule has 2 nitrogen and oxygen atoms in total. The van der Waals surface area contributed by atoms with E-state index in [0.717, 1.165) is 30.4 Å². The number of allylic oxidation sites excluding steroid dienone is 7. The molecule has 0 spiro atoms. The van der Waals surface area contributed by atoms with Gasteiger partial charge >= 0.3 is 0 Å². The quantitative estimate of drug-likeness (QED) is 0.191. The van der Waals surface area contributed by atoms with Gasteiger partial charge in [0.25, 0.3) is 0 Å². The monoisotopic (exact) mass is 637 g/mol. The van der Waals surface area contributed by atoms with Gasteiger partial charge in [0.2, 0.25) is 0 Å². The van der Waals surface area contributed by atoms with Crippen molar-refractivity contribution in [3.05, 3.63) is 173 Å². The van der Waals surface area contributed by atoms with Crippen LogP contribution < -0.4 is 0 Å². The van der Waals surface area contributed by atoms with E-state index >= 15 is 0 Å². The molecule has 2 heteroatoms. The summed E-state index contributed by atoms with van der Waals surface area (Å²) in [5, 5.41) is 2.37. The van der Waals surface area contributed by atoms with Crippen molar-refractivity contribution < 1.29 is 4.42 Å². The van der Waals surface area contributed by atoms with E-state index in [1.807, 2.05) is 6.07 Å². The first-order valence-electron chi connectivity index (χ1n) is 18.0. The zero-order valence-corrected chi connectivity index (χ0v) is 28.9. The topological polar surface area (TPSA) is 16.4 Å². The van der Waals surface area contributed by atoms with Crippen molar-refractivity contribution in [1.82, 2.24) is 4.90 Å². The van der Waals surface area contributed by atoms with Crippen molar-refractivity contribution in [2.24, 2.45) is 11.8 Å². The van der Waals surface area contributed by atoms with Gasteiger partial charge < -0.3 is 9.32 Å². The summed E-state index contributed by atoms with van der Waals surface area (Å²) in [4.78, 5) is 2.68. The molecule has 1 aromatic heterocycles. The third-order valence-corrected chi connectivity index (χ3v) is 12.1. The summed E-state index contributed by atoms with van der Waals surface area (Å²) in [7, 11) is 0. The van der Waals surface area contributed by atoms with Gasteiger partial charge in [0.15, 0.2) is 0 Å². The molecule has 242 valence electrons. The Labute approximate surface area is 290 Å². The van der Waals surface area contributed by atoms with Gasteiger partial charge in [-0.25, -0.2) is 0 Å². The van der Waals surface area contributed by atoms with Crippen molar-refractivity contribution in [3.63, 3.8) is 0 Å².